The molecule has 0 radical (unpaired) electrons. The summed E-state index contributed by atoms with van der Waals surface area (Å²) < 4.78 is 0. The van der Waals surface area contributed by atoms with Crippen molar-refractivity contribution < 1.29 is 9.90 Å². The Labute approximate surface area is 144 Å². The van der Waals surface area contributed by atoms with Crippen LogP contribution in [0.3, 0.4) is 0 Å². The Morgan fingerprint density at radius 3 is 2.42 bits per heavy atom. The van der Waals surface area contributed by atoms with Crippen LogP contribution in [0.25, 0.3) is 5.57 Å². The number of fused-ring (bicyclic) bond motifs is 1. The number of rotatable bonds is 4. The third-order valence-corrected chi connectivity index (χ3v) is 4.40. The van der Waals surface area contributed by atoms with Crippen molar-refractivity contribution in [1.29, 1.82) is 0 Å². The molecule has 1 N–H and O–H groups in total. The van der Waals surface area contributed by atoms with E-state index in [9.17, 15) is 4.79 Å². The number of aromatic nitrogens is 2. The highest BCUT2D eigenvalue weighted by molar-refractivity contribution is 5.81. The van der Waals surface area contributed by atoms with Gasteiger partial charge in [-0.2, -0.15) is 0 Å². The zero-order valence-electron chi connectivity index (χ0n) is 15.3. The van der Waals surface area contributed by atoms with Crippen LogP contribution in [0.2, 0.25) is 0 Å². The van der Waals surface area contributed by atoms with Gasteiger partial charge in [0.05, 0.1) is 23.3 Å². The zero-order chi connectivity index (χ0) is 18.1. The first kappa shape index (κ1) is 18.1. The van der Waals surface area contributed by atoms with Gasteiger partial charge in [-0.05, 0) is 31.4 Å². The molecule has 1 aliphatic carbocycles. The van der Waals surface area contributed by atoms with Crippen molar-refractivity contribution in [2.24, 2.45) is 0 Å². The third-order valence-electron chi connectivity index (χ3n) is 4.40. The first-order valence-electron chi connectivity index (χ1n) is 8.17. The first-order chi connectivity index (χ1) is 11.0. The van der Waals surface area contributed by atoms with Gasteiger partial charge in [0, 0.05) is 16.9 Å². The second-order valence-electron chi connectivity index (χ2n) is 7.83. The molecule has 0 atom stereocenters. The van der Waals surface area contributed by atoms with Gasteiger partial charge < -0.3 is 5.11 Å². The maximum Gasteiger partial charge on any atom is 0.328 e. The summed E-state index contributed by atoms with van der Waals surface area (Å²) in [6.07, 6.45) is 9.60. The van der Waals surface area contributed by atoms with Gasteiger partial charge >= 0.3 is 5.97 Å². The van der Waals surface area contributed by atoms with Crippen LogP contribution < -0.4 is 0 Å². The smallest absolute Gasteiger partial charge is 0.328 e. The molecule has 1 aliphatic rings. The molecule has 0 bridgehead atoms. The molecule has 1 aromatic rings. The minimum absolute atomic E-state index is 0.0266. The van der Waals surface area contributed by atoms with Gasteiger partial charge in [0.15, 0.2) is 0 Å². The summed E-state index contributed by atoms with van der Waals surface area (Å²) in [4.78, 5) is 20.2. The first-order valence-corrected chi connectivity index (χ1v) is 8.17. The standard InChI is InChI=1S/C20H26N2O2/c1-13(10-16(23)24)8-7-9-14(2)15-11-21-17-18(22-15)20(5,6)12-19(17,3)4/h7-11H,12H2,1-6H3,(H,23,24)/b8-7+,13-10+,14-9-. The fraction of sp³-hybridized carbons (Fsp3) is 0.450. The van der Waals surface area contributed by atoms with E-state index in [4.69, 9.17) is 15.1 Å². The topological polar surface area (TPSA) is 63.1 Å². The molecule has 0 spiro atoms. The van der Waals surface area contributed by atoms with Crippen LogP contribution in [-0.4, -0.2) is 21.0 Å². The number of hydrogen-bond acceptors (Lipinski definition) is 3. The van der Waals surface area contributed by atoms with E-state index in [1.165, 1.54) is 6.08 Å². The van der Waals surface area contributed by atoms with Crippen molar-refractivity contribution in [1.82, 2.24) is 9.97 Å². The minimum Gasteiger partial charge on any atom is -0.478 e. The molecular weight excluding hydrogens is 300 g/mol. The number of nitrogens with zero attached hydrogens (tertiary/aromatic N) is 2. The van der Waals surface area contributed by atoms with Gasteiger partial charge in [-0.25, -0.2) is 9.78 Å². The lowest BCUT2D eigenvalue weighted by molar-refractivity contribution is -0.131. The van der Waals surface area contributed by atoms with Crippen LogP contribution in [0, 0.1) is 0 Å². The van der Waals surface area contributed by atoms with E-state index < -0.39 is 5.97 Å². The largest absolute Gasteiger partial charge is 0.478 e. The molecule has 4 nitrogen and oxygen atoms in total. The maximum atomic E-state index is 10.6. The molecule has 0 unspecified atom stereocenters. The molecule has 1 aromatic heterocycles. The van der Waals surface area contributed by atoms with Gasteiger partial charge in [-0.15, -0.1) is 0 Å². The average Bonchev–Trinajstić information content (AvgIpc) is 2.62. The van der Waals surface area contributed by atoms with E-state index in [-0.39, 0.29) is 10.8 Å². The van der Waals surface area contributed by atoms with Crippen molar-refractivity contribution >= 4 is 11.5 Å². The molecule has 128 valence electrons. The summed E-state index contributed by atoms with van der Waals surface area (Å²) in [5.41, 5.74) is 4.83. The number of carbonyl (C=O) groups is 1. The summed E-state index contributed by atoms with van der Waals surface area (Å²) in [5, 5.41) is 8.71. The number of carboxylic acids is 1. The third kappa shape index (κ3) is 3.81. The van der Waals surface area contributed by atoms with Crippen LogP contribution in [0.1, 0.15) is 65.0 Å². The maximum absolute atomic E-state index is 10.6. The fourth-order valence-corrected chi connectivity index (χ4v) is 3.49. The molecule has 0 aliphatic heterocycles. The fourth-order valence-electron chi connectivity index (χ4n) is 3.49. The second-order valence-corrected chi connectivity index (χ2v) is 7.83. The van der Waals surface area contributed by atoms with Gasteiger partial charge in [0.2, 0.25) is 0 Å². The lowest BCUT2D eigenvalue weighted by Crippen LogP contribution is -2.18. The molecular formula is C20H26N2O2. The predicted octanol–water partition coefficient (Wildman–Crippen LogP) is 4.43. The Morgan fingerprint density at radius 1 is 1.17 bits per heavy atom. The molecule has 1 heterocycles. The van der Waals surface area contributed by atoms with Crippen LogP contribution in [-0.2, 0) is 15.6 Å². The van der Waals surface area contributed by atoms with Crippen LogP contribution in [0.15, 0.2) is 36.1 Å². The number of allylic oxidation sites excluding steroid dienone is 5. The Morgan fingerprint density at radius 2 is 1.79 bits per heavy atom. The Kier molecular flexibility index (Phi) is 4.79. The highest BCUT2D eigenvalue weighted by Crippen LogP contribution is 2.47. The molecule has 0 amide bonds. The van der Waals surface area contributed by atoms with Crippen LogP contribution in [0.5, 0.6) is 0 Å². The van der Waals surface area contributed by atoms with E-state index in [0.29, 0.717) is 5.57 Å². The molecule has 24 heavy (non-hydrogen) atoms. The molecule has 0 saturated carbocycles. The Balaban J connectivity index is 2.30. The molecule has 4 heteroatoms. The average molecular weight is 326 g/mol. The van der Waals surface area contributed by atoms with E-state index >= 15 is 0 Å². The van der Waals surface area contributed by atoms with Crippen LogP contribution in [0.4, 0.5) is 0 Å². The second kappa shape index (κ2) is 6.34. The van der Waals surface area contributed by atoms with Crippen molar-refractivity contribution in [3.8, 4) is 0 Å². The van der Waals surface area contributed by atoms with Gasteiger partial charge in [0.1, 0.15) is 0 Å². The van der Waals surface area contributed by atoms with Crippen LogP contribution >= 0.6 is 0 Å². The van der Waals surface area contributed by atoms with E-state index in [1.807, 2.05) is 25.3 Å². The number of hydrogen-bond donors (Lipinski definition) is 1. The monoisotopic (exact) mass is 326 g/mol. The van der Waals surface area contributed by atoms with Crippen molar-refractivity contribution in [3.63, 3.8) is 0 Å². The van der Waals surface area contributed by atoms with Gasteiger partial charge in [-0.3, -0.25) is 4.98 Å². The summed E-state index contributed by atoms with van der Waals surface area (Å²) >= 11 is 0. The highest BCUT2D eigenvalue weighted by Gasteiger charge is 2.44. The molecule has 0 saturated heterocycles. The quantitative estimate of drug-likeness (QED) is 0.657. The van der Waals surface area contributed by atoms with E-state index in [2.05, 4.69) is 27.7 Å². The lowest BCUT2D eigenvalue weighted by Gasteiger charge is -2.21. The molecule has 0 aromatic carbocycles. The van der Waals surface area contributed by atoms with E-state index in [1.54, 1.807) is 13.0 Å². The van der Waals surface area contributed by atoms with E-state index in [0.717, 1.165) is 29.1 Å². The van der Waals surface area contributed by atoms with Crippen molar-refractivity contribution in [3.05, 3.63) is 53.2 Å². The summed E-state index contributed by atoms with van der Waals surface area (Å²) in [7, 11) is 0. The summed E-state index contributed by atoms with van der Waals surface area (Å²) in [6, 6.07) is 0. The highest BCUT2D eigenvalue weighted by atomic mass is 16.4. The normalized spacial score (nSPS) is 19.6. The Hall–Kier alpha value is -2.23. The van der Waals surface area contributed by atoms with Gasteiger partial charge in [0.25, 0.3) is 0 Å². The lowest BCUT2D eigenvalue weighted by atomic mass is 9.83. The van der Waals surface area contributed by atoms with Crippen molar-refractivity contribution in [2.45, 2.75) is 58.8 Å². The molecule has 2 rings (SSSR count). The summed E-state index contributed by atoms with van der Waals surface area (Å²) in [6.45, 7) is 12.6. The minimum atomic E-state index is -0.938. The zero-order valence-corrected chi connectivity index (χ0v) is 15.3. The SMILES string of the molecule is C/C(=C/C=C/C(C)=C/C(=O)O)c1cnc2c(n1)C(C)(C)CC2(C)C. The Bertz CT molecular complexity index is 753. The molecule has 0 fully saturated rings. The predicted molar refractivity (Wildman–Crippen MR) is 96.9 cm³/mol. The van der Waals surface area contributed by atoms with Crippen molar-refractivity contribution in [2.75, 3.05) is 0 Å². The summed E-state index contributed by atoms with van der Waals surface area (Å²) in [5.74, 6) is -0.938. The number of carboxylic acid groups (broad SMARTS) is 1. The van der Waals surface area contributed by atoms with Gasteiger partial charge in [-0.1, -0.05) is 45.9 Å². The number of aliphatic carboxylic acids is 1.